The third kappa shape index (κ3) is 3.31. The fraction of sp³-hybridized carbons (Fsp3) is 0.200. The Morgan fingerprint density at radius 1 is 1.11 bits per heavy atom. The minimum Gasteiger partial charge on any atom is -0.346 e. The van der Waals surface area contributed by atoms with Crippen molar-refractivity contribution in [3.63, 3.8) is 0 Å². The van der Waals surface area contributed by atoms with Crippen LogP contribution in [0.2, 0.25) is 0 Å². The van der Waals surface area contributed by atoms with Crippen LogP contribution in [-0.2, 0) is 0 Å². The third-order valence-corrected chi connectivity index (χ3v) is 4.70. The zero-order valence-corrected chi connectivity index (χ0v) is 14.5. The minimum atomic E-state index is -0.233. The number of imidazole rings is 1. The average molecular weight is 356 g/mol. The number of aromatic nitrogens is 2. The van der Waals surface area contributed by atoms with E-state index < -0.39 is 0 Å². The number of carbonyl (C=O) groups is 1. The Morgan fingerprint density at radius 2 is 1.89 bits per heavy atom. The van der Waals surface area contributed by atoms with Gasteiger partial charge in [-0.15, -0.1) is 0 Å². The molecule has 0 saturated carbocycles. The predicted molar refractivity (Wildman–Crippen MR) is 98.4 cm³/mol. The van der Waals surface area contributed by atoms with Gasteiger partial charge in [0, 0.05) is 31.5 Å². The standard InChI is InChI=1S/C20H16N6O/c21-9-14-1-3-15(4-2-14)16-5-6-19-24-18(12-26(19)10-16)20(27)23-17-7-8-25(11-17)13-22/h1-6,10,12,17H,7-8,11H2,(H,23,27). The molecule has 3 aromatic rings. The summed E-state index contributed by atoms with van der Waals surface area (Å²) < 4.78 is 1.82. The molecule has 4 rings (SSSR count). The van der Waals surface area contributed by atoms with Crippen LogP contribution in [0.5, 0.6) is 0 Å². The van der Waals surface area contributed by atoms with E-state index in [9.17, 15) is 4.79 Å². The highest BCUT2D eigenvalue weighted by Gasteiger charge is 2.24. The summed E-state index contributed by atoms with van der Waals surface area (Å²) in [7, 11) is 0. The summed E-state index contributed by atoms with van der Waals surface area (Å²) in [4.78, 5) is 18.5. The van der Waals surface area contributed by atoms with E-state index in [1.807, 2.05) is 34.9 Å². The number of benzene rings is 1. The van der Waals surface area contributed by atoms with Crippen LogP contribution in [0.15, 0.2) is 48.8 Å². The fourth-order valence-electron chi connectivity index (χ4n) is 3.24. The van der Waals surface area contributed by atoms with Gasteiger partial charge in [0.25, 0.3) is 5.91 Å². The first kappa shape index (κ1) is 16.6. The highest BCUT2D eigenvalue weighted by atomic mass is 16.2. The summed E-state index contributed by atoms with van der Waals surface area (Å²) in [5, 5.41) is 20.8. The van der Waals surface area contributed by atoms with Crippen molar-refractivity contribution in [1.82, 2.24) is 19.6 Å². The van der Waals surface area contributed by atoms with Crippen molar-refractivity contribution in [2.24, 2.45) is 0 Å². The van der Waals surface area contributed by atoms with Crippen LogP contribution in [0.25, 0.3) is 16.8 Å². The van der Waals surface area contributed by atoms with Crippen molar-refractivity contribution >= 4 is 11.6 Å². The molecule has 132 valence electrons. The highest BCUT2D eigenvalue weighted by molar-refractivity contribution is 5.93. The summed E-state index contributed by atoms with van der Waals surface area (Å²) in [5.74, 6) is -0.233. The summed E-state index contributed by atoms with van der Waals surface area (Å²) >= 11 is 0. The number of likely N-dealkylation sites (tertiary alicyclic amines) is 1. The lowest BCUT2D eigenvalue weighted by molar-refractivity contribution is 0.0934. The number of nitrogens with one attached hydrogen (secondary N) is 1. The lowest BCUT2D eigenvalue weighted by Gasteiger charge is -2.10. The van der Waals surface area contributed by atoms with Gasteiger partial charge < -0.3 is 14.6 Å². The Morgan fingerprint density at radius 3 is 2.59 bits per heavy atom. The molecule has 3 heterocycles. The molecule has 27 heavy (non-hydrogen) atoms. The maximum absolute atomic E-state index is 12.5. The number of nitriles is 2. The molecular formula is C20H16N6O. The van der Waals surface area contributed by atoms with Gasteiger partial charge in [0.2, 0.25) is 0 Å². The van der Waals surface area contributed by atoms with Crippen molar-refractivity contribution in [1.29, 1.82) is 10.5 Å². The number of fused-ring (bicyclic) bond motifs is 1. The Hall–Kier alpha value is -3.84. The molecule has 1 aliphatic heterocycles. The van der Waals surface area contributed by atoms with Crippen LogP contribution in [0.4, 0.5) is 0 Å². The van der Waals surface area contributed by atoms with Crippen LogP contribution < -0.4 is 5.32 Å². The molecule has 7 heteroatoms. The molecule has 0 bridgehead atoms. The number of pyridine rings is 1. The van der Waals surface area contributed by atoms with E-state index in [1.54, 1.807) is 23.2 Å². The van der Waals surface area contributed by atoms with Gasteiger partial charge in [0.1, 0.15) is 11.3 Å². The van der Waals surface area contributed by atoms with E-state index in [1.165, 1.54) is 0 Å². The van der Waals surface area contributed by atoms with E-state index in [0.717, 1.165) is 17.5 Å². The Kier molecular flexibility index (Phi) is 4.19. The van der Waals surface area contributed by atoms with Gasteiger partial charge in [0.05, 0.1) is 11.6 Å². The Labute approximate surface area is 156 Å². The zero-order chi connectivity index (χ0) is 18.8. The van der Waals surface area contributed by atoms with E-state index in [0.29, 0.717) is 30.0 Å². The number of carbonyl (C=O) groups excluding carboxylic acids is 1. The quantitative estimate of drug-likeness (QED) is 0.725. The van der Waals surface area contributed by atoms with Gasteiger partial charge in [-0.3, -0.25) is 4.79 Å². The van der Waals surface area contributed by atoms with Crippen molar-refractivity contribution in [2.45, 2.75) is 12.5 Å². The minimum absolute atomic E-state index is 0.0313. The third-order valence-electron chi connectivity index (χ3n) is 4.70. The molecule has 1 N–H and O–H groups in total. The van der Waals surface area contributed by atoms with E-state index in [-0.39, 0.29) is 11.9 Å². The Bertz CT molecular complexity index is 1090. The monoisotopic (exact) mass is 356 g/mol. The van der Waals surface area contributed by atoms with Crippen LogP contribution in [0, 0.1) is 22.8 Å². The summed E-state index contributed by atoms with van der Waals surface area (Å²) in [5.41, 5.74) is 3.60. The summed E-state index contributed by atoms with van der Waals surface area (Å²) in [6.45, 7) is 1.21. The number of rotatable bonds is 3. The van der Waals surface area contributed by atoms with E-state index in [4.69, 9.17) is 10.5 Å². The van der Waals surface area contributed by atoms with Crippen molar-refractivity contribution in [2.75, 3.05) is 13.1 Å². The maximum Gasteiger partial charge on any atom is 0.271 e. The number of amides is 1. The summed E-state index contributed by atoms with van der Waals surface area (Å²) in [6.07, 6.45) is 6.47. The molecule has 1 amide bonds. The molecule has 1 aromatic carbocycles. The van der Waals surface area contributed by atoms with E-state index >= 15 is 0 Å². The molecular weight excluding hydrogens is 340 g/mol. The first-order valence-electron chi connectivity index (χ1n) is 8.61. The normalized spacial score (nSPS) is 16.1. The van der Waals surface area contributed by atoms with E-state index in [2.05, 4.69) is 22.6 Å². The van der Waals surface area contributed by atoms with Gasteiger partial charge in [-0.05, 0) is 41.8 Å². The molecule has 0 aliphatic carbocycles. The first-order valence-corrected chi connectivity index (χ1v) is 8.61. The molecule has 1 saturated heterocycles. The van der Waals surface area contributed by atoms with Crippen LogP contribution in [0.3, 0.4) is 0 Å². The van der Waals surface area contributed by atoms with Gasteiger partial charge in [-0.1, -0.05) is 12.1 Å². The first-order chi connectivity index (χ1) is 13.2. The largest absolute Gasteiger partial charge is 0.346 e. The van der Waals surface area contributed by atoms with Gasteiger partial charge >= 0.3 is 0 Å². The number of nitrogens with zero attached hydrogens (tertiary/aromatic N) is 5. The molecule has 1 fully saturated rings. The fourth-order valence-corrected chi connectivity index (χ4v) is 3.24. The zero-order valence-electron chi connectivity index (χ0n) is 14.5. The predicted octanol–water partition coefficient (Wildman–Crippen LogP) is 2.16. The molecule has 2 aromatic heterocycles. The molecule has 1 aliphatic rings. The molecule has 1 unspecified atom stereocenters. The van der Waals surface area contributed by atoms with Crippen molar-refractivity contribution < 1.29 is 4.79 Å². The topological polar surface area (TPSA) is 97.2 Å². The number of hydrogen-bond acceptors (Lipinski definition) is 5. The molecule has 1 atom stereocenters. The number of hydrogen-bond donors (Lipinski definition) is 1. The molecule has 7 nitrogen and oxygen atoms in total. The van der Waals surface area contributed by atoms with Crippen molar-refractivity contribution in [3.05, 3.63) is 60.0 Å². The Balaban J connectivity index is 1.54. The van der Waals surface area contributed by atoms with Gasteiger partial charge in [0.15, 0.2) is 6.19 Å². The summed E-state index contributed by atoms with van der Waals surface area (Å²) in [6, 6.07) is 13.2. The maximum atomic E-state index is 12.5. The van der Waals surface area contributed by atoms with Gasteiger partial charge in [-0.25, -0.2) is 4.98 Å². The van der Waals surface area contributed by atoms with Crippen LogP contribution in [-0.4, -0.2) is 39.3 Å². The van der Waals surface area contributed by atoms with Gasteiger partial charge in [-0.2, -0.15) is 10.5 Å². The SMILES string of the molecule is N#Cc1ccc(-c2ccc3nc(C(=O)NC4CCN(C#N)C4)cn3c2)cc1. The second-order valence-electron chi connectivity index (χ2n) is 6.50. The highest BCUT2D eigenvalue weighted by Crippen LogP contribution is 2.21. The second-order valence-corrected chi connectivity index (χ2v) is 6.50. The molecule has 0 spiro atoms. The van der Waals surface area contributed by atoms with Crippen LogP contribution in [0.1, 0.15) is 22.5 Å². The smallest absolute Gasteiger partial charge is 0.271 e. The van der Waals surface area contributed by atoms with Crippen molar-refractivity contribution in [3.8, 4) is 23.4 Å². The average Bonchev–Trinajstić information content (AvgIpc) is 3.34. The second kappa shape index (κ2) is 6.81. The molecule has 0 radical (unpaired) electrons. The lowest BCUT2D eigenvalue weighted by atomic mass is 10.1. The van der Waals surface area contributed by atoms with Crippen LogP contribution >= 0.6 is 0 Å². The lowest BCUT2D eigenvalue weighted by Crippen LogP contribution is -2.36.